The number of carbonyl (C=O) groups excluding carboxylic acids is 2. The topological polar surface area (TPSA) is 59.1 Å². The second-order valence-corrected chi connectivity index (χ2v) is 8.65. The molecule has 30 heavy (non-hydrogen) atoms. The smallest absolute Gasteiger partial charge is 0.225 e. The number of piperidine rings is 1. The average molecular weight is 417 g/mol. The van der Waals surface area contributed by atoms with E-state index in [9.17, 15) is 9.59 Å². The maximum absolute atomic E-state index is 13.1. The predicted molar refractivity (Wildman–Crippen MR) is 116 cm³/mol. The normalized spacial score (nSPS) is 22.2. The van der Waals surface area contributed by atoms with Gasteiger partial charge in [0.1, 0.15) is 5.75 Å². The van der Waals surface area contributed by atoms with E-state index in [2.05, 4.69) is 13.8 Å². The lowest BCUT2D eigenvalue weighted by molar-refractivity contribution is -0.146. The largest absolute Gasteiger partial charge is 0.493 e. The van der Waals surface area contributed by atoms with Crippen molar-refractivity contribution in [3.63, 3.8) is 0 Å². The minimum atomic E-state index is -0.356. The fraction of sp³-hybridized carbons (Fsp3) is 0.667. The number of nitrogens with zero attached hydrogens (tertiary/aromatic N) is 2. The number of para-hydroxylation sites is 1. The molecule has 0 N–H and O–H groups in total. The van der Waals surface area contributed by atoms with Crippen LogP contribution in [0.4, 0.5) is 0 Å². The van der Waals surface area contributed by atoms with E-state index < -0.39 is 0 Å². The predicted octanol–water partition coefficient (Wildman–Crippen LogP) is 3.36. The summed E-state index contributed by atoms with van der Waals surface area (Å²) in [5.74, 6) is 1.24. The highest BCUT2D eigenvalue weighted by atomic mass is 16.5. The van der Waals surface area contributed by atoms with Crippen LogP contribution in [0.2, 0.25) is 0 Å². The van der Waals surface area contributed by atoms with Gasteiger partial charge >= 0.3 is 0 Å². The van der Waals surface area contributed by atoms with Gasteiger partial charge in [-0.2, -0.15) is 0 Å². The highest BCUT2D eigenvalue weighted by Crippen LogP contribution is 2.36. The second kappa shape index (κ2) is 10.8. The lowest BCUT2D eigenvalue weighted by Gasteiger charge is -2.44. The SMILES string of the molecule is CCC(CC)C(=O)N1CCCC(COc2ccccc2)(CC(=O)N2CCOCC2)C1. The number of carbonyl (C=O) groups is 2. The Hall–Kier alpha value is -2.08. The molecule has 1 atom stereocenters. The summed E-state index contributed by atoms with van der Waals surface area (Å²) < 4.78 is 11.5. The van der Waals surface area contributed by atoms with E-state index in [0.29, 0.717) is 45.9 Å². The van der Waals surface area contributed by atoms with E-state index in [1.54, 1.807) is 0 Å². The molecule has 3 rings (SSSR count). The Morgan fingerprint density at radius 3 is 2.43 bits per heavy atom. The summed E-state index contributed by atoms with van der Waals surface area (Å²) in [5, 5.41) is 0. The third-order valence-corrected chi connectivity index (χ3v) is 6.49. The van der Waals surface area contributed by atoms with Crippen LogP contribution < -0.4 is 4.74 Å². The number of likely N-dealkylation sites (tertiary alicyclic amines) is 1. The van der Waals surface area contributed by atoms with Gasteiger partial charge in [0.05, 0.1) is 19.8 Å². The lowest BCUT2D eigenvalue weighted by Crippen LogP contribution is -2.52. The average Bonchev–Trinajstić information content (AvgIpc) is 2.80. The van der Waals surface area contributed by atoms with Crippen LogP contribution in [-0.4, -0.2) is 67.6 Å². The highest BCUT2D eigenvalue weighted by Gasteiger charge is 2.41. The Balaban J connectivity index is 1.75. The molecule has 0 bridgehead atoms. The molecule has 0 radical (unpaired) electrons. The first-order valence-electron chi connectivity index (χ1n) is 11.4. The molecule has 2 aliphatic heterocycles. The van der Waals surface area contributed by atoms with Crippen LogP contribution in [0.1, 0.15) is 46.0 Å². The molecule has 0 saturated carbocycles. The van der Waals surface area contributed by atoms with Gasteiger partial charge in [0.25, 0.3) is 0 Å². The molecule has 2 aliphatic rings. The van der Waals surface area contributed by atoms with Gasteiger partial charge in [-0.05, 0) is 37.8 Å². The van der Waals surface area contributed by atoms with E-state index in [0.717, 1.165) is 38.0 Å². The Kier molecular flexibility index (Phi) is 8.14. The first-order valence-corrected chi connectivity index (χ1v) is 11.4. The zero-order chi connectivity index (χ0) is 21.4. The summed E-state index contributed by atoms with van der Waals surface area (Å²) in [6.45, 7) is 8.43. The van der Waals surface area contributed by atoms with Gasteiger partial charge in [0.2, 0.25) is 11.8 Å². The summed E-state index contributed by atoms with van der Waals surface area (Å²) in [4.78, 5) is 30.1. The van der Waals surface area contributed by atoms with Crippen molar-refractivity contribution in [2.45, 2.75) is 46.0 Å². The second-order valence-electron chi connectivity index (χ2n) is 8.65. The molecular weight excluding hydrogens is 380 g/mol. The molecular formula is C24H36N2O4. The van der Waals surface area contributed by atoms with Gasteiger partial charge in [0, 0.05) is 43.9 Å². The number of hydrogen-bond donors (Lipinski definition) is 0. The summed E-state index contributed by atoms with van der Waals surface area (Å²) in [7, 11) is 0. The van der Waals surface area contributed by atoms with Crippen molar-refractivity contribution in [3.8, 4) is 5.75 Å². The van der Waals surface area contributed by atoms with Gasteiger partial charge in [-0.3, -0.25) is 9.59 Å². The molecule has 0 spiro atoms. The van der Waals surface area contributed by atoms with E-state index in [1.807, 2.05) is 40.1 Å². The molecule has 1 unspecified atom stereocenters. The molecule has 0 aliphatic carbocycles. The van der Waals surface area contributed by atoms with Crippen molar-refractivity contribution in [2.24, 2.45) is 11.3 Å². The first-order chi connectivity index (χ1) is 14.6. The van der Waals surface area contributed by atoms with Crippen molar-refractivity contribution >= 4 is 11.8 Å². The fourth-order valence-electron chi connectivity index (χ4n) is 4.60. The van der Waals surface area contributed by atoms with Crippen molar-refractivity contribution in [3.05, 3.63) is 30.3 Å². The van der Waals surface area contributed by atoms with E-state index in [1.165, 1.54) is 0 Å². The monoisotopic (exact) mass is 416 g/mol. The van der Waals surface area contributed by atoms with Gasteiger partial charge in [-0.1, -0.05) is 32.0 Å². The van der Waals surface area contributed by atoms with Crippen LogP contribution in [0.5, 0.6) is 5.75 Å². The maximum atomic E-state index is 13.1. The van der Waals surface area contributed by atoms with Crippen molar-refractivity contribution in [1.82, 2.24) is 9.80 Å². The van der Waals surface area contributed by atoms with Crippen molar-refractivity contribution in [2.75, 3.05) is 46.0 Å². The fourth-order valence-corrected chi connectivity index (χ4v) is 4.60. The highest BCUT2D eigenvalue weighted by molar-refractivity contribution is 5.80. The van der Waals surface area contributed by atoms with E-state index in [-0.39, 0.29) is 23.1 Å². The summed E-state index contributed by atoms with van der Waals surface area (Å²) in [6, 6.07) is 9.73. The molecule has 2 heterocycles. The number of rotatable bonds is 8. The zero-order valence-electron chi connectivity index (χ0n) is 18.5. The summed E-state index contributed by atoms with van der Waals surface area (Å²) >= 11 is 0. The van der Waals surface area contributed by atoms with Crippen LogP contribution >= 0.6 is 0 Å². The molecule has 6 nitrogen and oxygen atoms in total. The Bertz CT molecular complexity index is 686. The summed E-state index contributed by atoms with van der Waals surface area (Å²) in [5.41, 5.74) is -0.356. The van der Waals surface area contributed by atoms with Crippen LogP contribution in [0.15, 0.2) is 30.3 Å². The zero-order valence-corrected chi connectivity index (χ0v) is 18.5. The number of ether oxygens (including phenoxy) is 2. The summed E-state index contributed by atoms with van der Waals surface area (Å²) in [6.07, 6.45) is 3.91. The van der Waals surface area contributed by atoms with Gasteiger partial charge < -0.3 is 19.3 Å². The van der Waals surface area contributed by atoms with E-state index in [4.69, 9.17) is 9.47 Å². The third kappa shape index (κ3) is 5.75. The Morgan fingerprint density at radius 2 is 1.77 bits per heavy atom. The molecule has 166 valence electrons. The quantitative estimate of drug-likeness (QED) is 0.652. The van der Waals surface area contributed by atoms with Crippen LogP contribution in [0, 0.1) is 11.3 Å². The standard InChI is InChI=1S/C24H36N2O4/c1-3-20(4-2)23(28)26-12-8-11-24(18-26,19-30-21-9-6-5-7-10-21)17-22(27)25-13-15-29-16-14-25/h5-7,9-10,20H,3-4,8,11-19H2,1-2H3. The molecule has 6 heteroatoms. The molecule has 1 aromatic carbocycles. The lowest BCUT2D eigenvalue weighted by atomic mass is 9.76. The molecule has 2 fully saturated rings. The van der Waals surface area contributed by atoms with Crippen LogP contribution in [0.25, 0.3) is 0 Å². The minimum absolute atomic E-state index is 0.0609. The van der Waals surface area contributed by atoms with Gasteiger partial charge in [-0.25, -0.2) is 0 Å². The number of morpholine rings is 1. The van der Waals surface area contributed by atoms with Crippen LogP contribution in [0.3, 0.4) is 0 Å². The molecule has 0 aromatic heterocycles. The van der Waals surface area contributed by atoms with Crippen molar-refractivity contribution < 1.29 is 19.1 Å². The van der Waals surface area contributed by atoms with E-state index >= 15 is 0 Å². The van der Waals surface area contributed by atoms with Gasteiger partial charge in [0.15, 0.2) is 0 Å². The minimum Gasteiger partial charge on any atom is -0.493 e. The Morgan fingerprint density at radius 1 is 1.07 bits per heavy atom. The first kappa shape index (κ1) is 22.6. The Labute approximate surface area is 180 Å². The van der Waals surface area contributed by atoms with Gasteiger partial charge in [-0.15, -0.1) is 0 Å². The number of amides is 2. The number of benzene rings is 1. The molecule has 1 aromatic rings. The molecule has 2 amide bonds. The third-order valence-electron chi connectivity index (χ3n) is 6.49. The van der Waals surface area contributed by atoms with Crippen molar-refractivity contribution in [1.29, 1.82) is 0 Å². The molecule has 2 saturated heterocycles. The van der Waals surface area contributed by atoms with Crippen LogP contribution in [-0.2, 0) is 14.3 Å². The maximum Gasteiger partial charge on any atom is 0.225 e. The number of hydrogen-bond acceptors (Lipinski definition) is 4.